The smallest absolute Gasteiger partial charge is 0.374 e. The van der Waals surface area contributed by atoms with Crippen molar-refractivity contribution >= 4 is 28.4 Å². The van der Waals surface area contributed by atoms with Gasteiger partial charge in [-0.05, 0) is 0 Å². The number of aromatic nitrogens is 3. The number of aromatic carboxylic acids is 1. The van der Waals surface area contributed by atoms with Crippen molar-refractivity contribution in [3.8, 4) is 0 Å². The van der Waals surface area contributed by atoms with Crippen LogP contribution in [-0.2, 0) is 0 Å². The Labute approximate surface area is 92.0 Å². The van der Waals surface area contributed by atoms with Crippen molar-refractivity contribution in [1.82, 2.24) is 14.7 Å². The quantitative estimate of drug-likeness (QED) is 0.800. The second-order valence-electron chi connectivity index (χ2n) is 2.62. The summed E-state index contributed by atoms with van der Waals surface area (Å²) in [7, 11) is 0. The molecule has 2 aromatic heterocycles. The van der Waals surface area contributed by atoms with Crippen LogP contribution in [0.4, 0.5) is 5.00 Å². The average Bonchev–Trinajstić information content (AvgIpc) is 2.86. The molecule has 2 N–H and O–H groups in total. The van der Waals surface area contributed by atoms with E-state index in [4.69, 9.17) is 5.11 Å². The Morgan fingerprint density at radius 1 is 1.50 bits per heavy atom. The lowest BCUT2D eigenvalue weighted by atomic mass is 10.3. The molecule has 2 heterocycles. The van der Waals surface area contributed by atoms with Gasteiger partial charge < -0.3 is 14.9 Å². The van der Waals surface area contributed by atoms with E-state index >= 15 is 0 Å². The van der Waals surface area contributed by atoms with E-state index in [0.29, 0.717) is 5.00 Å². The molecule has 0 aliphatic rings. The van der Waals surface area contributed by atoms with E-state index in [9.17, 15) is 9.59 Å². The highest BCUT2D eigenvalue weighted by Gasteiger charge is 2.17. The Bertz CT molecular complexity index is 520. The summed E-state index contributed by atoms with van der Waals surface area (Å²) in [6, 6.07) is 1.03. The first-order valence-corrected chi connectivity index (χ1v) is 4.73. The Kier molecular flexibility index (Phi) is 2.60. The zero-order chi connectivity index (χ0) is 11.5. The molecular formula is C7H4N4O4S. The molecule has 0 aliphatic heterocycles. The van der Waals surface area contributed by atoms with Crippen LogP contribution in [0.3, 0.4) is 0 Å². The van der Waals surface area contributed by atoms with Crippen molar-refractivity contribution in [2.45, 2.75) is 0 Å². The number of hydrogen-bond donors (Lipinski definition) is 2. The van der Waals surface area contributed by atoms with Gasteiger partial charge in [-0.2, -0.15) is 0 Å². The predicted molar refractivity (Wildman–Crippen MR) is 51.3 cm³/mol. The number of carbonyl (C=O) groups excluding carboxylic acids is 1. The maximum absolute atomic E-state index is 11.5. The number of nitrogens with zero attached hydrogens (tertiary/aromatic N) is 3. The molecule has 0 aromatic carbocycles. The summed E-state index contributed by atoms with van der Waals surface area (Å²) in [6.07, 6.45) is 1.36. The fourth-order valence-electron chi connectivity index (χ4n) is 0.881. The number of carbonyl (C=O) groups is 2. The van der Waals surface area contributed by atoms with E-state index in [0.717, 1.165) is 17.6 Å². The summed E-state index contributed by atoms with van der Waals surface area (Å²) in [4.78, 5) is 21.9. The molecule has 2 rings (SSSR count). The minimum Gasteiger partial charge on any atom is -0.475 e. The van der Waals surface area contributed by atoms with Crippen molar-refractivity contribution in [3.63, 3.8) is 0 Å². The normalized spacial score (nSPS) is 10.0. The first-order valence-electron chi connectivity index (χ1n) is 3.95. The third-order valence-electron chi connectivity index (χ3n) is 1.55. The average molecular weight is 240 g/mol. The lowest BCUT2D eigenvalue weighted by Gasteiger charge is -1.94. The summed E-state index contributed by atoms with van der Waals surface area (Å²) in [6.45, 7) is 0. The highest BCUT2D eigenvalue weighted by atomic mass is 32.1. The van der Waals surface area contributed by atoms with E-state index in [-0.39, 0.29) is 5.69 Å². The highest BCUT2D eigenvalue weighted by molar-refractivity contribution is 7.10. The lowest BCUT2D eigenvalue weighted by Crippen LogP contribution is -2.11. The lowest BCUT2D eigenvalue weighted by molar-refractivity contribution is 0.0651. The van der Waals surface area contributed by atoms with Crippen LogP contribution >= 0.6 is 11.5 Å². The number of rotatable bonds is 3. The molecule has 82 valence electrons. The van der Waals surface area contributed by atoms with Gasteiger partial charge in [-0.1, -0.05) is 9.64 Å². The molecule has 0 bridgehead atoms. The number of nitrogens with one attached hydrogen (secondary N) is 1. The summed E-state index contributed by atoms with van der Waals surface area (Å²) < 4.78 is 7.97. The Balaban J connectivity index is 2.12. The van der Waals surface area contributed by atoms with Crippen LogP contribution < -0.4 is 5.32 Å². The molecule has 16 heavy (non-hydrogen) atoms. The number of carboxylic acids is 1. The van der Waals surface area contributed by atoms with Gasteiger partial charge in [0, 0.05) is 17.6 Å². The van der Waals surface area contributed by atoms with E-state index in [1.54, 1.807) is 0 Å². The molecule has 0 saturated carbocycles. The molecule has 0 unspecified atom stereocenters. The van der Waals surface area contributed by atoms with Crippen LogP contribution in [0.15, 0.2) is 16.8 Å². The van der Waals surface area contributed by atoms with Crippen molar-refractivity contribution in [2.24, 2.45) is 0 Å². The Hall–Kier alpha value is -2.29. The van der Waals surface area contributed by atoms with Crippen molar-refractivity contribution in [1.29, 1.82) is 0 Å². The van der Waals surface area contributed by atoms with E-state index in [1.165, 1.54) is 6.20 Å². The van der Waals surface area contributed by atoms with Crippen LogP contribution in [0, 0.1) is 0 Å². The molecule has 9 heteroatoms. The van der Waals surface area contributed by atoms with Crippen LogP contribution in [-0.4, -0.2) is 31.7 Å². The van der Waals surface area contributed by atoms with Crippen molar-refractivity contribution in [2.75, 3.05) is 5.32 Å². The second-order valence-corrected chi connectivity index (χ2v) is 3.40. The molecular weight excluding hydrogens is 236 g/mol. The number of amides is 1. The second kappa shape index (κ2) is 4.06. The maximum atomic E-state index is 11.5. The van der Waals surface area contributed by atoms with Gasteiger partial charge in [-0.3, -0.25) is 4.79 Å². The fraction of sp³-hybridized carbons (Fsp3) is 0. The molecule has 2 aromatic rings. The first kappa shape index (κ1) is 10.2. The van der Waals surface area contributed by atoms with Crippen molar-refractivity contribution in [3.05, 3.63) is 23.7 Å². The van der Waals surface area contributed by atoms with Gasteiger partial charge in [0.05, 0.1) is 6.20 Å². The van der Waals surface area contributed by atoms with E-state index < -0.39 is 17.6 Å². The molecule has 8 nitrogen and oxygen atoms in total. The Morgan fingerprint density at radius 2 is 2.31 bits per heavy atom. The maximum Gasteiger partial charge on any atom is 0.374 e. The summed E-state index contributed by atoms with van der Waals surface area (Å²) in [5.41, 5.74) is -0.120. The topological polar surface area (TPSA) is 118 Å². The zero-order valence-corrected chi connectivity index (χ0v) is 8.39. The summed E-state index contributed by atoms with van der Waals surface area (Å²) in [5, 5.41) is 18.2. The standard InChI is InChI=1S/C7H4N4O4S/c12-6(9-5-2-8-11-16-5)3-1-4(7(13)14)15-10-3/h1-2H,(H,9,12)(H,13,14). The summed E-state index contributed by atoms with van der Waals surface area (Å²) >= 11 is 0.991. The van der Waals surface area contributed by atoms with Crippen LogP contribution in [0.2, 0.25) is 0 Å². The molecule has 0 fully saturated rings. The molecule has 1 amide bonds. The molecule has 0 radical (unpaired) electrons. The van der Waals surface area contributed by atoms with Crippen LogP contribution in [0.25, 0.3) is 0 Å². The third kappa shape index (κ3) is 2.03. The van der Waals surface area contributed by atoms with Gasteiger partial charge >= 0.3 is 5.97 Å². The highest BCUT2D eigenvalue weighted by Crippen LogP contribution is 2.11. The van der Waals surface area contributed by atoms with Gasteiger partial charge in [-0.15, -0.1) is 5.10 Å². The summed E-state index contributed by atoms with van der Waals surface area (Å²) in [5.74, 6) is -2.26. The van der Waals surface area contributed by atoms with Gasteiger partial charge in [-0.25, -0.2) is 4.79 Å². The molecule has 0 atom stereocenters. The van der Waals surface area contributed by atoms with Crippen molar-refractivity contribution < 1.29 is 19.2 Å². The van der Waals surface area contributed by atoms with Gasteiger partial charge in [0.2, 0.25) is 5.76 Å². The van der Waals surface area contributed by atoms with Gasteiger partial charge in [0.1, 0.15) is 5.00 Å². The Morgan fingerprint density at radius 3 is 2.88 bits per heavy atom. The van der Waals surface area contributed by atoms with Gasteiger partial charge in [0.25, 0.3) is 5.91 Å². The predicted octanol–water partition coefficient (Wildman–Crippen LogP) is 0.477. The molecule has 0 saturated heterocycles. The largest absolute Gasteiger partial charge is 0.475 e. The first-order chi connectivity index (χ1) is 7.66. The van der Waals surface area contributed by atoms with Crippen LogP contribution in [0.1, 0.15) is 21.0 Å². The zero-order valence-electron chi connectivity index (χ0n) is 7.58. The SMILES string of the molecule is O=C(Nc1cnns1)c1cc(C(=O)O)on1. The number of hydrogen-bond acceptors (Lipinski definition) is 7. The third-order valence-corrected chi connectivity index (χ3v) is 2.13. The molecule has 0 aliphatic carbocycles. The fourth-order valence-corrected chi connectivity index (χ4v) is 1.30. The van der Waals surface area contributed by atoms with Crippen LogP contribution in [0.5, 0.6) is 0 Å². The monoisotopic (exact) mass is 240 g/mol. The van der Waals surface area contributed by atoms with Gasteiger partial charge in [0.15, 0.2) is 5.69 Å². The van der Waals surface area contributed by atoms with E-state index in [1.807, 2.05) is 0 Å². The molecule has 0 spiro atoms. The number of anilines is 1. The van der Waals surface area contributed by atoms with E-state index in [2.05, 4.69) is 24.6 Å². The minimum atomic E-state index is -1.29. The minimum absolute atomic E-state index is 0.120. The number of carboxylic acid groups (broad SMARTS) is 1.